The SMILES string of the molecule is O=C1c2ccnc(-c3ccc(F)cc3OC(F)F)c2CN1c1ccc(F)cc1. The lowest BCUT2D eigenvalue weighted by Gasteiger charge is -2.16. The maximum atomic E-state index is 13.5. The lowest BCUT2D eigenvalue weighted by molar-refractivity contribution is -0.0496. The third kappa shape index (κ3) is 3.17. The highest BCUT2D eigenvalue weighted by Gasteiger charge is 2.32. The quantitative estimate of drug-likeness (QED) is 0.604. The number of halogens is 4. The molecule has 2 heterocycles. The van der Waals surface area contributed by atoms with Crippen molar-refractivity contribution in [3.8, 4) is 17.0 Å². The summed E-state index contributed by atoms with van der Waals surface area (Å²) < 4.78 is 56.6. The minimum Gasteiger partial charge on any atom is -0.434 e. The van der Waals surface area contributed by atoms with Crippen molar-refractivity contribution >= 4 is 11.6 Å². The van der Waals surface area contributed by atoms with Crippen LogP contribution in [0.15, 0.2) is 54.7 Å². The Kier molecular flexibility index (Phi) is 4.46. The van der Waals surface area contributed by atoms with E-state index < -0.39 is 18.2 Å². The first-order valence-corrected chi connectivity index (χ1v) is 8.24. The molecule has 0 aliphatic carbocycles. The second-order valence-electron chi connectivity index (χ2n) is 6.07. The first-order valence-electron chi connectivity index (χ1n) is 8.24. The molecule has 0 saturated heterocycles. The Morgan fingerprint density at radius 3 is 2.39 bits per heavy atom. The van der Waals surface area contributed by atoms with E-state index in [0.717, 1.165) is 12.1 Å². The van der Waals surface area contributed by atoms with E-state index in [2.05, 4.69) is 9.72 Å². The fraction of sp³-hybridized carbons (Fsp3) is 0.100. The number of carbonyl (C=O) groups is 1. The second kappa shape index (κ2) is 6.95. The lowest BCUT2D eigenvalue weighted by Crippen LogP contribution is -2.22. The number of rotatable bonds is 4. The van der Waals surface area contributed by atoms with E-state index in [1.165, 1.54) is 47.5 Å². The van der Waals surface area contributed by atoms with Crippen LogP contribution in [0.4, 0.5) is 23.2 Å². The fourth-order valence-electron chi connectivity index (χ4n) is 3.18. The number of carbonyl (C=O) groups excluding carboxylic acids is 1. The van der Waals surface area contributed by atoms with E-state index in [4.69, 9.17) is 0 Å². The van der Waals surface area contributed by atoms with Crippen LogP contribution < -0.4 is 9.64 Å². The van der Waals surface area contributed by atoms with Crippen LogP contribution in [0.3, 0.4) is 0 Å². The van der Waals surface area contributed by atoms with Gasteiger partial charge in [-0.1, -0.05) is 0 Å². The lowest BCUT2D eigenvalue weighted by atomic mass is 10.0. The molecule has 0 atom stereocenters. The van der Waals surface area contributed by atoms with E-state index in [9.17, 15) is 22.4 Å². The van der Waals surface area contributed by atoms with Gasteiger partial charge in [0, 0.05) is 34.6 Å². The summed E-state index contributed by atoms with van der Waals surface area (Å²) >= 11 is 0. The third-order valence-electron chi connectivity index (χ3n) is 4.40. The topological polar surface area (TPSA) is 42.4 Å². The Morgan fingerprint density at radius 2 is 1.68 bits per heavy atom. The summed E-state index contributed by atoms with van der Waals surface area (Å²) in [5.74, 6) is -1.88. The molecule has 1 amide bonds. The zero-order valence-corrected chi connectivity index (χ0v) is 14.2. The van der Waals surface area contributed by atoms with E-state index >= 15 is 0 Å². The summed E-state index contributed by atoms with van der Waals surface area (Å²) in [5, 5.41) is 0. The number of hydrogen-bond donors (Lipinski definition) is 0. The Labute approximate surface area is 157 Å². The molecule has 2 aromatic carbocycles. The first-order chi connectivity index (χ1) is 13.4. The van der Waals surface area contributed by atoms with Gasteiger partial charge in [-0.15, -0.1) is 0 Å². The minimum absolute atomic E-state index is 0.106. The predicted molar refractivity (Wildman–Crippen MR) is 93.2 cm³/mol. The van der Waals surface area contributed by atoms with Crippen molar-refractivity contribution in [3.63, 3.8) is 0 Å². The van der Waals surface area contributed by atoms with Gasteiger partial charge in [-0.25, -0.2) is 8.78 Å². The Hall–Kier alpha value is -3.42. The van der Waals surface area contributed by atoms with Gasteiger partial charge >= 0.3 is 6.61 Å². The van der Waals surface area contributed by atoms with Crippen molar-refractivity contribution in [2.24, 2.45) is 0 Å². The maximum absolute atomic E-state index is 13.5. The molecule has 0 spiro atoms. The van der Waals surface area contributed by atoms with Crippen molar-refractivity contribution in [2.75, 3.05) is 4.90 Å². The van der Waals surface area contributed by atoms with Gasteiger partial charge in [-0.05, 0) is 42.5 Å². The van der Waals surface area contributed by atoms with Crippen LogP contribution in [0.2, 0.25) is 0 Å². The molecule has 0 saturated carbocycles. The first kappa shape index (κ1) is 18.0. The monoisotopic (exact) mass is 388 g/mol. The average molecular weight is 388 g/mol. The highest BCUT2D eigenvalue weighted by Crippen LogP contribution is 2.38. The van der Waals surface area contributed by atoms with E-state index in [1.807, 2.05) is 0 Å². The molecule has 0 bridgehead atoms. The maximum Gasteiger partial charge on any atom is 0.387 e. The van der Waals surface area contributed by atoms with Crippen LogP contribution in [-0.2, 0) is 6.54 Å². The molecule has 0 N–H and O–H groups in total. The molecule has 142 valence electrons. The van der Waals surface area contributed by atoms with E-state index in [1.54, 1.807) is 0 Å². The molecule has 8 heteroatoms. The van der Waals surface area contributed by atoms with Gasteiger partial charge in [-0.3, -0.25) is 9.78 Å². The van der Waals surface area contributed by atoms with Gasteiger partial charge < -0.3 is 9.64 Å². The molecule has 3 aromatic rings. The molecule has 1 aliphatic rings. The van der Waals surface area contributed by atoms with E-state index in [-0.39, 0.29) is 29.5 Å². The summed E-state index contributed by atoms with van der Waals surface area (Å²) in [4.78, 5) is 18.4. The molecular weight excluding hydrogens is 376 g/mol. The zero-order valence-electron chi connectivity index (χ0n) is 14.2. The summed E-state index contributed by atoms with van der Waals surface area (Å²) in [6, 6.07) is 10.1. The van der Waals surface area contributed by atoms with Crippen molar-refractivity contribution in [1.29, 1.82) is 0 Å². The van der Waals surface area contributed by atoms with Crippen LogP contribution in [0.5, 0.6) is 5.75 Å². The highest BCUT2D eigenvalue weighted by molar-refractivity contribution is 6.11. The molecule has 1 aromatic heterocycles. The molecular formula is C20H12F4N2O2. The van der Waals surface area contributed by atoms with Gasteiger partial charge in [-0.2, -0.15) is 8.78 Å². The number of alkyl halides is 2. The number of ether oxygens (including phenoxy) is 1. The van der Waals surface area contributed by atoms with Crippen LogP contribution in [0, 0.1) is 11.6 Å². The molecule has 1 aliphatic heterocycles. The number of benzene rings is 2. The van der Waals surface area contributed by atoms with Crippen LogP contribution >= 0.6 is 0 Å². The molecule has 28 heavy (non-hydrogen) atoms. The van der Waals surface area contributed by atoms with Crippen molar-refractivity contribution in [2.45, 2.75) is 13.2 Å². The Balaban J connectivity index is 1.79. The van der Waals surface area contributed by atoms with E-state index in [0.29, 0.717) is 16.8 Å². The number of amides is 1. The van der Waals surface area contributed by atoms with Crippen molar-refractivity contribution < 1.29 is 27.1 Å². The smallest absolute Gasteiger partial charge is 0.387 e. The summed E-state index contributed by atoms with van der Waals surface area (Å²) in [6.07, 6.45) is 1.37. The predicted octanol–water partition coefficient (Wildman–Crippen LogP) is 4.79. The van der Waals surface area contributed by atoms with Crippen LogP contribution in [-0.4, -0.2) is 17.5 Å². The Bertz CT molecular complexity index is 1050. The number of aromatic nitrogens is 1. The van der Waals surface area contributed by atoms with Crippen LogP contribution in [0.25, 0.3) is 11.3 Å². The number of hydrogen-bond acceptors (Lipinski definition) is 3. The standard InChI is InChI=1S/C20H12F4N2O2/c21-11-1-4-13(5-2-11)26-10-16-14(19(26)27)7-8-25-18(16)15-6-3-12(22)9-17(15)28-20(23)24/h1-9,20H,10H2. The number of anilines is 1. The minimum atomic E-state index is -3.14. The number of pyridine rings is 1. The van der Waals surface area contributed by atoms with Crippen molar-refractivity contribution in [3.05, 3.63) is 77.5 Å². The Morgan fingerprint density at radius 1 is 0.964 bits per heavy atom. The average Bonchev–Trinajstić information content (AvgIpc) is 2.99. The van der Waals surface area contributed by atoms with Crippen LogP contribution in [0.1, 0.15) is 15.9 Å². The number of nitrogens with zero attached hydrogens (tertiary/aromatic N) is 2. The van der Waals surface area contributed by atoms with Crippen molar-refractivity contribution in [1.82, 2.24) is 4.98 Å². The normalized spacial score (nSPS) is 13.2. The van der Waals surface area contributed by atoms with Gasteiger partial charge in [0.1, 0.15) is 17.4 Å². The fourth-order valence-corrected chi connectivity index (χ4v) is 3.18. The molecule has 0 unspecified atom stereocenters. The van der Waals surface area contributed by atoms with Gasteiger partial charge in [0.05, 0.1) is 12.2 Å². The largest absolute Gasteiger partial charge is 0.434 e. The van der Waals surface area contributed by atoms with Gasteiger partial charge in [0.25, 0.3) is 5.91 Å². The molecule has 0 radical (unpaired) electrons. The second-order valence-corrected chi connectivity index (χ2v) is 6.07. The third-order valence-corrected chi connectivity index (χ3v) is 4.40. The summed E-state index contributed by atoms with van der Waals surface area (Å²) in [6.45, 7) is -3.04. The summed E-state index contributed by atoms with van der Waals surface area (Å²) in [5.41, 5.74) is 1.69. The number of fused-ring (bicyclic) bond motifs is 1. The molecule has 4 nitrogen and oxygen atoms in total. The summed E-state index contributed by atoms with van der Waals surface area (Å²) in [7, 11) is 0. The van der Waals surface area contributed by atoms with Gasteiger partial charge in [0.15, 0.2) is 0 Å². The zero-order chi connectivity index (χ0) is 19.8. The molecule has 0 fully saturated rings. The highest BCUT2D eigenvalue weighted by atomic mass is 19.3. The van der Waals surface area contributed by atoms with Gasteiger partial charge in [0.2, 0.25) is 0 Å². The molecule has 4 rings (SSSR count).